The van der Waals surface area contributed by atoms with Gasteiger partial charge in [0.1, 0.15) is 41.7 Å². The topological polar surface area (TPSA) is 407 Å². The number of ketones is 1. The van der Waals surface area contributed by atoms with Crippen LogP contribution in [0.3, 0.4) is 0 Å². The number of phenols is 1. The third-order valence-electron chi connectivity index (χ3n) is 25.6. The van der Waals surface area contributed by atoms with Gasteiger partial charge in [-0.1, -0.05) is 175 Å². The van der Waals surface area contributed by atoms with Crippen LogP contribution in [0.5, 0.6) is 11.5 Å². The maximum absolute atomic E-state index is 14.4. The molecule has 0 radical (unpaired) electrons. The molecule has 0 saturated carbocycles. The number of hydrogen-bond acceptors (Lipinski definition) is 16. The van der Waals surface area contributed by atoms with Gasteiger partial charge in [0.2, 0.25) is 65.0 Å². The third kappa shape index (κ3) is 20.6. The van der Waals surface area contributed by atoms with Crippen LogP contribution in [0, 0.1) is 11.8 Å². The van der Waals surface area contributed by atoms with E-state index < -0.39 is 83.6 Å². The molecular formula is C99H108BrN13O16. The van der Waals surface area contributed by atoms with E-state index in [4.69, 9.17) is 16.2 Å². The van der Waals surface area contributed by atoms with Crippen LogP contribution in [0.25, 0.3) is 22.1 Å². The van der Waals surface area contributed by atoms with E-state index >= 15 is 0 Å². The van der Waals surface area contributed by atoms with Crippen LogP contribution >= 0.6 is 15.9 Å². The van der Waals surface area contributed by atoms with Crippen LogP contribution in [0.4, 0.5) is 11.4 Å². The number of aromatic nitrogens is 4. The van der Waals surface area contributed by atoms with Crippen LogP contribution in [0.1, 0.15) is 190 Å². The molecule has 2 saturated heterocycles. The fraction of sp³-hybridized carbons (Fsp3) is 0.374. The summed E-state index contributed by atoms with van der Waals surface area (Å²) in [5.41, 5.74) is 23.6. The highest BCUT2D eigenvalue weighted by Crippen LogP contribution is 2.47. The molecule has 2 unspecified atom stereocenters. The Morgan fingerprint density at radius 3 is 1.40 bits per heavy atom. The van der Waals surface area contributed by atoms with Gasteiger partial charge in [-0.3, -0.25) is 96.2 Å². The lowest BCUT2D eigenvalue weighted by molar-refractivity contribution is -0.137. The lowest BCUT2D eigenvalue weighted by Gasteiger charge is -2.29. The van der Waals surface area contributed by atoms with Crippen molar-refractivity contribution in [3.8, 4) is 11.5 Å². The first-order valence-corrected chi connectivity index (χ1v) is 45.4. The highest BCUT2D eigenvalue weighted by molar-refractivity contribution is 9.09. The lowest BCUT2D eigenvalue weighted by Crippen LogP contribution is -2.55. The molecule has 8 atom stereocenters. The van der Waals surface area contributed by atoms with E-state index in [2.05, 4.69) is 42.5 Å². The monoisotopic (exact) mass is 1810 g/mol. The number of fused-ring (bicyclic) bond motifs is 2. The summed E-state index contributed by atoms with van der Waals surface area (Å²) in [5, 5.41) is 25.0. The van der Waals surface area contributed by atoms with Crippen LogP contribution in [0.15, 0.2) is 192 Å². The third-order valence-corrected chi connectivity index (χ3v) is 26.1. The number of unbranched alkanes of at least 4 members (excludes halogenated alkanes) is 2. The predicted molar refractivity (Wildman–Crippen MR) is 490 cm³/mol. The van der Waals surface area contributed by atoms with Crippen LogP contribution in [0.2, 0.25) is 0 Å². The van der Waals surface area contributed by atoms with E-state index in [1.807, 2.05) is 184 Å². The van der Waals surface area contributed by atoms with Gasteiger partial charge in [-0.25, -0.2) is 9.59 Å². The van der Waals surface area contributed by atoms with E-state index in [1.165, 1.54) is 24.2 Å². The number of alkyl halides is 1. The standard InChI is InChI=1S/C50H54N6O8.C32H34N4O5.C17H20BrN3O3/c1-30-16-19-35-43(64-26-10-9-11-31-17-21-38-40(27-31)54(2)50(63)55(38)39-22-25-45(59)53-47(39)60)23-18-34-28-41(56(46(34)35)49(30)62)48(61)52-37(20-24-44(51)58)42(57)29-36(32-12-5-3-6-13-32)33-14-7-4-8-15-33;1-19-12-14-23-26(37)16-13-22-18-25(36(29(22)23)32(19)41)31(40)34-24(15-17-27(33)38)30(39)35-28(20-8-4-2-5-9-20)21-10-6-3-7-11-21;1-20-14-10-11(4-2-3-9-18)5-6-12(14)21(17(20)24)13-7-8-15(22)19-16(13)23/h3-8,12-15,17-18,21,23,27,30,36-37,39,41H,9-11,16,19-20,22,24-26,28-29H2,1-2H3,(H2,51,58)(H,52,61)(H,53,59,60);2-11,13,16,19,24-25,28,37H,12,14-15,17-18H2,1H3,(H2,33,38)(H,34,40)(H,35,39);5-6,10,13H,2-4,7-9H2,1H3,(H,19,22,23)/t30-,37-,39?,41-;19-,24-,25-;/m00./s1. The lowest BCUT2D eigenvalue weighted by atomic mass is 9.85. The number of nitrogens with zero attached hydrogens (tertiary/aromatic N) is 6. The van der Waals surface area contributed by atoms with Crippen molar-refractivity contribution in [2.75, 3.05) is 21.7 Å². The number of nitrogens with two attached hydrogens (primary N) is 2. The number of hydrogen-bond donors (Lipinski definition) is 8. The quantitative estimate of drug-likeness (QED) is 0.0114. The molecule has 8 heterocycles. The van der Waals surface area contributed by atoms with Crippen molar-refractivity contribution in [1.29, 1.82) is 0 Å². The number of halogens is 1. The Morgan fingerprint density at radius 1 is 0.496 bits per heavy atom. The molecule has 6 aliphatic heterocycles. The maximum atomic E-state index is 14.4. The van der Waals surface area contributed by atoms with E-state index in [1.54, 1.807) is 35.7 Å². The van der Waals surface area contributed by atoms with Crippen molar-refractivity contribution >= 4 is 120 Å². The smallest absolute Gasteiger partial charge is 0.329 e. The Balaban J connectivity index is 0.000000175. The van der Waals surface area contributed by atoms with Gasteiger partial charge < -0.3 is 37.3 Å². The Labute approximate surface area is 754 Å². The zero-order valence-corrected chi connectivity index (χ0v) is 74.2. The molecule has 2 fully saturated rings. The second-order valence-corrected chi connectivity index (χ2v) is 35.0. The molecule has 672 valence electrons. The Morgan fingerprint density at radius 2 is 0.930 bits per heavy atom. The van der Waals surface area contributed by atoms with Crippen LogP contribution in [-0.2, 0) is 110 Å². The normalized spacial score (nSPS) is 18.5. The number of piperidine rings is 2. The van der Waals surface area contributed by atoms with Gasteiger partial charge in [0.25, 0.3) is 0 Å². The van der Waals surface area contributed by atoms with Crippen molar-refractivity contribution in [1.82, 2.24) is 44.9 Å². The van der Waals surface area contributed by atoms with Crippen molar-refractivity contribution in [2.45, 2.75) is 197 Å². The molecule has 10 N–H and O–H groups in total. The van der Waals surface area contributed by atoms with Gasteiger partial charge in [0, 0.05) is 93.3 Å². The average Bonchev–Trinajstić information content (AvgIpc) is 1.61. The first kappa shape index (κ1) is 91.8. The Kier molecular flexibility index (Phi) is 29.3. The van der Waals surface area contributed by atoms with Crippen molar-refractivity contribution in [3.05, 3.63) is 259 Å². The predicted octanol–water partition coefficient (Wildman–Crippen LogP) is 10.0. The number of carbonyl (C=O) groups excluding carboxylic acids is 12. The van der Waals surface area contributed by atoms with Gasteiger partial charge in [0.15, 0.2) is 5.78 Å². The maximum Gasteiger partial charge on any atom is 0.329 e. The molecule has 8 aromatic carbocycles. The number of imidazole rings is 2. The van der Waals surface area contributed by atoms with Crippen LogP contribution < -0.4 is 64.0 Å². The average molecular weight is 1820 g/mol. The largest absolute Gasteiger partial charge is 0.508 e. The Hall–Kier alpha value is -13.4. The van der Waals surface area contributed by atoms with Gasteiger partial charge >= 0.3 is 11.4 Å². The zero-order chi connectivity index (χ0) is 91.4. The van der Waals surface area contributed by atoms with E-state index in [-0.39, 0.29) is 129 Å². The first-order chi connectivity index (χ1) is 62.2. The molecule has 0 aliphatic carbocycles. The van der Waals surface area contributed by atoms with Gasteiger partial charge in [0.05, 0.1) is 52.1 Å². The van der Waals surface area contributed by atoms with E-state index in [9.17, 15) is 72.2 Å². The molecule has 2 aromatic heterocycles. The summed E-state index contributed by atoms with van der Waals surface area (Å²) in [6.07, 6.45) is 9.15. The van der Waals surface area contributed by atoms with Gasteiger partial charge in [-0.15, -0.1) is 0 Å². The van der Waals surface area contributed by atoms with Crippen LogP contribution in [-0.4, -0.2) is 130 Å². The van der Waals surface area contributed by atoms with Crippen molar-refractivity contribution < 1.29 is 67.4 Å². The first-order valence-electron chi connectivity index (χ1n) is 44.3. The summed E-state index contributed by atoms with van der Waals surface area (Å²) >= 11 is 3.43. The zero-order valence-electron chi connectivity index (χ0n) is 72.6. The molecule has 11 amide bonds. The molecule has 6 aliphatic rings. The van der Waals surface area contributed by atoms with E-state index in [0.29, 0.717) is 72.4 Å². The molecule has 29 nitrogen and oxygen atoms in total. The van der Waals surface area contributed by atoms with Crippen molar-refractivity contribution in [2.24, 2.45) is 37.4 Å². The highest BCUT2D eigenvalue weighted by atomic mass is 79.9. The number of primary amides is 2. The molecule has 0 bridgehead atoms. The summed E-state index contributed by atoms with van der Waals surface area (Å²) in [6, 6.07) is 51.5. The number of phenolic OH excluding ortho intramolecular Hbond substituents is 1. The fourth-order valence-corrected chi connectivity index (χ4v) is 18.9. The molecule has 16 rings (SSSR count). The van der Waals surface area contributed by atoms with E-state index in [0.717, 1.165) is 99.4 Å². The second-order valence-electron chi connectivity index (χ2n) is 34.3. The Bertz CT molecular complexity index is 5990. The summed E-state index contributed by atoms with van der Waals surface area (Å²) < 4.78 is 12.5. The second kappa shape index (κ2) is 41.2. The molecule has 129 heavy (non-hydrogen) atoms. The number of imide groups is 2. The highest BCUT2D eigenvalue weighted by Gasteiger charge is 2.47. The number of nitrogens with one attached hydrogen (secondary N) is 5. The molecule has 10 aromatic rings. The number of benzene rings is 8. The number of aromatic hydroxyl groups is 1. The number of Topliss-reactive ketones (excluding diaryl/α,β-unsaturated/α-hetero) is 1. The number of anilines is 2. The minimum Gasteiger partial charge on any atom is -0.508 e. The minimum atomic E-state index is -1.07. The number of carbonyl (C=O) groups is 12. The summed E-state index contributed by atoms with van der Waals surface area (Å²) in [6.45, 7) is 4.10. The van der Waals surface area contributed by atoms with Gasteiger partial charge in [-0.2, -0.15) is 0 Å². The minimum absolute atomic E-state index is 0.000732. The van der Waals surface area contributed by atoms with Gasteiger partial charge in [-0.05, 0) is 171 Å². The summed E-state index contributed by atoms with van der Waals surface area (Å²) in [5.74, 6) is -4.88. The molecule has 0 spiro atoms. The van der Waals surface area contributed by atoms with Crippen molar-refractivity contribution in [3.63, 3.8) is 0 Å². The number of ether oxygens (including phenoxy) is 1. The molecular weight excluding hydrogens is 1710 g/mol. The fourth-order valence-electron chi connectivity index (χ4n) is 18.5. The number of rotatable bonds is 31. The summed E-state index contributed by atoms with van der Waals surface area (Å²) in [7, 11) is 3.40. The summed E-state index contributed by atoms with van der Waals surface area (Å²) in [4.78, 5) is 184. The number of amides is 11. The molecule has 30 heteroatoms. The number of aryl methyl sites for hydroxylation is 4. The SMILES string of the molecule is C[C@H]1CCc2c(O)ccc3c2N(C1=O)[C@H](C(=O)N[C@@H](CCC(N)=O)C(=O)NC(c1ccccc1)c1ccccc1)C3.C[C@H]1CCc2c(OCCCCc3ccc4c(c3)n(C)c(=O)n4C3CCC(=O)NC3=O)ccc3c2N(C1=O)[C@H](C(=O)N[C@@H](CCC(N)=O)C(=O)CC(c1ccccc1)c1ccccc1)C3.Cn1c(=O)n(C2CCC(=O)NC2=O)c2ccc(CCCCBr)cc21.